The van der Waals surface area contributed by atoms with E-state index in [-0.39, 0.29) is 18.3 Å². The summed E-state index contributed by atoms with van der Waals surface area (Å²) in [7, 11) is 0. The average Bonchev–Trinajstić information content (AvgIpc) is 3.06. The van der Waals surface area contributed by atoms with Gasteiger partial charge in [-0.25, -0.2) is 0 Å². The van der Waals surface area contributed by atoms with Crippen LogP contribution in [0.2, 0.25) is 0 Å². The van der Waals surface area contributed by atoms with Crippen LogP contribution in [0.25, 0.3) is 0 Å². The molecule has 0 aromatic heterocycles. The Balaban J connectivity index is 2.36. The van der Waals surface area contributed by atoms with Crippen LogP contribution in [0.4, 0.5) is 0 Å². The lowest BCUT2D eigenvalue weighted by Crippen LogP contribution is -2.71. The maximum atomic E-state index is 14.2. The average molecular weight is 735 g/mol. The lowest BCUT2D eigenvalue weighted by atomic mass is 9.44. The lowest BCUT2D eigenvalue weighted by molar-refractivity contribution is -0.349. The molecule has 0 saturated carbocycles. The Labute approximate surface area is 320 Å². The maximum absolute atomic E-state index is 14.2. The van der Waals surface area contributed by atoms with Gasteiger partial charge >= 0.3 is 0 Å². The number of rotatable bonds is 27. The van der Waals surface area contributed by atoms with Crippen LogP contribution < -0.4 is 10.2 Å². The van der Waals surface area contributed by atoms with Crippen LogP contribution in [0, 0.1) is 28.1 Å². The van der Waals surface area contributed by atoms with Crippen molar-refractivity contribution >= 4 is 11.9 Å². The molecule has 0 aromatic carbocycles. The van der Waals surface area contributed by atoms with E-state index in [1.807, 2.05) is 0 Å². The SMILES string of the molecule is CCCCCCCCON1CCC(C(CCCCCCCC(=O)[O-])(C(=O)[O-])C2CCN(OCCCCCCCC)C(C)(C)C2(C)C)C(C)(C)C1(C)C. The molecule has 8 heteroatoms. The maximum Gasteiger partial charge on any atom is 0.0685 e. The van der Waals surface area contributed by atoms with Crippen molar-refractivity contribution in [2.45, 2.75) is 215 Å². The fourth-order valence-corrected chi connectivity index (χ4v) is 9.83. The third-order valence-electron chi connectivity index (χ3n) is 14.5. The van der Waals surface area contributed by atoms with Gasteiger partial charge in [0.15, 0.2) is 0 Å². The molecule has 2 unspecified atom stereocenters. The third-order valence-corrected chi connectivity index (χ3v) is 14.5. The van der Waals surface area contributed by atoms with E-state index in [0.717, 1.165) is 51.4 Å². The molecule has 2 rings (SSSR count). The third kappa shape index (κ3) is 11.6. The largest absolute Gasteiger partial charge is 0.550 e. The van der Waals surface area contributed by atoms with Crippen LogP contribution in [0.15, 0.2) is 0 Å². The van der Waals surface area contributed by atoms with Crippen molar-refractivity contribution in [3.8, 4) is 0 Å². The molecule has 0 aliphatic carbocycles. The summed E-state index contributed by atoms with van der Waals surface area (Å²) in [6.07, 6.45) is 20.6. The van der Waals surface area contributed by atoms with Gasteiger partial charge in [0.2, 0.25) is 0 Å². The zero-order chi connectivity index (χ0) is 39.1. The molecule has 0 spiro atoms. The van der Waals surface area contributed by atoms with Crippen molar-refractivity contribution in [2.24, 2.45) is 28.1 Å². The van der Waals surface area contributed by atoms with E-state index in [1.165, 1.54) is 64.2 Å². The molecule has 2 saturated heterocycles. The summed E-state index contributed by atoms with van der Waals surface area (Å²) in [6, 6.07) is 0. The van der Waals surface area contributed by atoms with Gasteiger partial charge in [-0.1, -0.05) is 131 Å². The molecule has 2 aliphatic heterocycles. The summed E-state index contributed by atoms with van der Waals surface area (Å²) < 4.78 is 0. The molecule has 0 N–H and O–H groups in total. The normalized spacial score (nSPS) is 24.0. The highest BCUT2D eigenvalue weighted by molar-refractivity contribution is 5.74. The summed E-state index contributed by atoms with van der Waals surface area (Å²) in [4.78, 5) is 38.2. The number of nitrogens with zero attached hydrogens (tertiary/aromatic N) is 2. The fraction of sp³-hybridized carbons (Fsp3) is 0.955. The van der Waals surface area contributed by atoms with Gasteiger partial charge in [-0.2, -0.15) is 10.1 Å². The Bertz CT molecular complexity index is 982. The molecule has 0 amide bonds. The van der Waals surface area contributed by atoms with Crippen molar-refractivity contribution in [3.05, 3.63) is 0 Å². The first kappa shape index (κ1) is 46.9. The number of carbonyl (C=O) groups excluding carboxylic acids is 2. The standard InChI is InChI=1S/C44H84N2O6/c1-11-13-15-17-22-26-34-51-45-32-29-36(40(3,4)42(45,7)8)44(39(49)50,31-25-21-19-20-24-28-38(47)48)37-30-33-46(43(9,10)41(37,5)6)52-35-27-23-18-16-14-12-2/h36-37H,11-35H2,1-10H3,(H,47,48)(H,49,50)/p-2. The van der Waals surface area contributed by atoms with Gasteiger partial charge in [0.1, 0.15) is 0 Å². The molecule has 306 valence electrons. The van der Waals surface area contributed by atoms with Crippen LogP contribution in [0.5, 0.6) is 0 Å². The summed E-state index contributed by atoms with van der Waals surface area (Å²) in [6.45, 7) is 25.3. The number of piperidine rings is 2. The minimum Gasteiger partial charge on any atom is -0.550 e. The van der Waals surface area contributed by atoms with Crippen LogP contribution in [0.1, 0.15) is 204 Å². The number of hydrogen-bond acceptors (Lipinski definition) is 8. The zero-order valence-corrected chi connectivity index (χ0v) is 35.7. The molecular formula is C44H82N2O6-2. The molecule has 2 fully saturated rings. The highest BCUT2D eigenvalue weighted by Gasteiger charge is 2.65. The number of unbranched alkanes of at least 4 members (excludes halogenated alkanes) is 14. The topological polar surface area (TPSA) is 105 Å². The number of hydroxylamine groups is 4. The lowest BCUT2D eigenvalue weighted by Gasteiger charge is -2.67. The van der Waals surface area contributed by atoms with Gasteiger partial charge < -0.3 is 19.8 Å². The van der Waals surface area contributed by atoms with E-state index in [1.54, 1.807) is 0 Å². The van der Waals surface area contributed by atoms with Gasteiger partial charge in [-0.15, -0.1) is 0 Å². The Kier molecular flexibility index (Phi) is 19.6. The highest BCUT2D eigenvalue weighted by Crippen LogP contribution is 2.64. The minimum absolute atomic E-state index is 0.0779. The quantitative estimate of drug-likeness (QED) is 0.0771. The Morgan fingerprint density at radius 1 is 0.577 bits per heavy atom. The highest BCUT2D eigenvalue weighted by atomic mass is 16.7. The second-order valence-electron chi connectivity index (χ2n) is 18.6. The molecule has 0 radical (unpaired) electrons. The van der Waals surface area contributed by atoms with Crippen LogP contribution in [0.3, 0.4) is 0 Å². The Morgan fingerprint density at radius 2 is 0.942 bits per heavy atom. The van der Waals surface area contributed by atoms with E-state index in [0.29, 0.717) is 39.1 Å². The van der Waals surface area contributed by atoms with E-state index in [4.69, 9.17) is 9.68 Å². The number of carboxylic acids is 2. The molecule has 2 heterocycles. The van der Waals surface area contributed by atoms with Gasteiger partial charge in [-0.05, 0) is 95.3 Å². The summed E-state index contributed by atoms with van der Waals surface area (Å²) >= 11 is 0. The first-order chi connectivity index (χ1) is 24.5. The molecule has 0 aromatic rings. The van der Waals surface area contributed by atoms with Gasteiger partial charge in [0.25, 0.3) is 0 Å². The monoisotopic (exact) mass is 735 g/mol. The van der Waals surface area contributed by atoms with E-state index >= 15 is 0 Å². The van der Waals surface area contributed by atoms with Crippen molar-refractivity contribution in [2.75, 3.05) is 26.3 Å². The van der Waals surface area contributed by atoms with E-state index in [2.05, 4.69) is 79.4 Å². The van der Waals surface area contributed by atoms with Gasteiger partial charge in [0.05, 0.1) is 13.2 Å². The molecular weight excluding hydrogens is 652 g/mol. The van der Waals surface area contributed by atoms with Crippen molar-refractivity contribution in [3.63, 3.8) is 0 Å². The first-order valence-electron chi connectivity index (χ1n) is 21.7. The number of aliphatic carboxylic acids is 2. The number of carbonyl (C=O) groups is 2. The van der Waals surface area contributed by atoms with E-state index < -0.39 is 39.3 Å². The van der Waals surface area contributed by atoms with Crippen LogP contribution >= 0.6 is 0 Å². The Hall–Kier alpha value is -1.22. The number of carboxylic acid groups (broad SMARTS) is 2. The molecule has 0 bridgehead atoms. The first-order valence-corrected chi connectivity index (χ1v) is 21.7. The van der Waals surface area contributed by atoms with Crippen molar-refractivity contribution < 1.29 is 29.5 Å². The second kappa shape index (κ2) is 21.8. The number of hydrogen-bond donors (Lipinski definition) is 0. The summed E-state index contributed by atoms with van der Waals surface area (Å²) in [5, 5.41) is 29.5. The predicted octanol–water partition coefficient (Wildman–Crippen LogP) is 9.04. The molecule has 2 aliphatic rings. The molecule has 52 heavy (non-hydrogen) atoms. The predicted molar refractivity (Wildman–Crippen MR) is 209 cm³/mol. The van der Waals surface area contributed by atoms with Crippen molar-refractivity contribution in [1.82, 2.24) is 10.1 Å². The minimum atomic E-state index is -1.05. The fourth-order valence-electron chi connectivity index (χ4n) is 9.83. The molecule has 2 atom stereocenters. The van der Waals surface area contributed by atoms with Crippen LogP contribution in [-0.4, -0.2) is 59.4 Å². The molecule has 8 nitrogen and oxygen atoms in total. The van der Waals surface area contributed by atoms with Crippen molar-refractivity contribution in [1.29, 1.82) is 0 Å². The van der Waals surface area contributed by atoms with E-state index in [9.17, 15) is 19.8 Å². The summed E-state index contributed by atoms with van der Waals surface area (Å²) in [5.41, 5.74) is -2.64. The van der Waals surface area contributed by atoms with Gasteiger partial charge in [0, 0.05) is 41.5 Å². The van der Waals surface area contributed by atoms with Crippen LogP contribution in [-0.2, 0) is 19.3 Å². The smallest absolute Gasteiger partial charge is 0.0685 e. The zero-order valence-electron chi connectivity index (χ0n) is 35.7. The summed E-state index contributed by atoms with van der Waals surface area (Å²) in [5.74, 6) is -2.16. The second-order valence-corrected chi connectivity index (χ2v) is 18.6. The van der Waals surface area contributed by atoms with Gasteiger partial charge in [-0.3, -0.25) is 9.68 Å². The Morgan fingerprint density at radius 3 is 1.33 bits per heavy atom.